The lowest BCUT2D eigenvalue weighted by atomic mass is 10.0. The number of rotatable bonds is 5. The zero-order chi connectivity index (χ0) is 17.8. The third kappa shape index (κ3) is 4.33. The first-order chi connectivity index (χ1) is 12.0. The van der Waals surface area contributed by atoms with E-state index in [0.717, 1.165) is 24.5 Å². The predicted octanol–water partition coefficient (Wildman–Crippen LogP) is 3.42. The summed E-state index contributed by atoms with van der Waals surface area (Å²) in [4.78, 5) is 12.8. The maximum Gasteiger partial charge on any atom is 0.335 e. The third-order valence-corrected chi connectivity index (χ3v) is 4.54. The van der Waals surface area contributed by atoms with Crippen LogP contribution in [-0.2, 0) is 6.54 Å². The molecule has 0 atom stereocenters. The zero-order valence-electron chi connectivity index (χ0n) is 13.7. The van der Waals surface area contributed by atoms with Gasteiger partial charge in [-0.05, 0) is 42.7 Å². The lowest BCUT2D eigenvalue weighted by Crippen LogP contribution is -2.42. The van der Waals surface area contributed by atoms with Crippen LogP contribution in [0.2, 0.25) is 0 Å². The molecule has 1 aliphatic heterocycles. The Balaban J connectivity index is 1.50. The molecular weight excluding hydrogens is 326 g/mol. The maximum atomic E-state index is 13.9. The molecule has 0 saturated carbocycles. The molecule has 6 heteroatoms. The van der Waals surface area contributed by atoms with Gasteiger partial charge in [0, 0.05) is 31.7 Å². The molecule has 2 aromatic rings. The number of carboxylic acid groups (broad SMARTS) is 1. The summed E-state index contributed by atoms with van der Waals surface area (Å²) in [5.41, 5.74) is 1.75. The highest BCUT2D eigenvalue weighted by Gasteiger charge is 2.21. The molecule has 0 radical (unpaired) electrons. The van der Waals surface area contributed by atoms with Crippen molar-refractivity contribution < 1.29 is 18.7 Å². The van der Waals surface area contributed by atoms with Crippen LogP contribution in [0.15, 0.2) is 42.5 Å². The van der Waals surface area contributed by atoms with Gasteiger partial charge in [-0.2, -0.15) is 0 Å². The van der Waals surface area contributed by atoms with E-state index in [0.29, 0.717) is 31.4 Å². The average Bonchev–Trinajstić information content (AvgIpc) is 2.61. The molecule has 0 unspecified atom stereocenters. The number of aromatic carboxylic acids is 1. The Morgan fingerprint density at radius 2 is 1.80 bits per heavy atom. The number of anilines is 1. The molecule has 0 aliphatic carbocycles. The lowest BCUT2D eigenvalue weighted by Gasteiger charge is -2.34. The van der Waals surface area contributed by atoms with Crippen molar-refractivity contribution in [1.29, 1.82) is 0 Å². The van der Waals surface area contributed by atoms with Gasteiger partial charge in [-0.1, -0.05) is 12.1 Å². The molecule has 1 fully saturated rings. The van der Waals surface area contributed by atoms with Crippen molar-refractivity contribution in [3.8, 4) is 0 Å². The van der Waals surface area contributed by atoms with Gasteiger partial charge in [0.2, 0.25) is 0 Å². The van der Waals surface area contributed by atoms with Gasteiger partial charge >= 0.3 is 5.97 Å². The first kappa shape index (κ1) is 17.4. The van der Waals surface area contributed by atoms with Crippen molar-refractivity contribution >= 4 is 11.7 Å². The van der Waals surface area contributed by atoms with Crippen LogP contribution in [0.1, 0.15) is 28.8 Å². The average molecular weight is 346 g/mol. The highest BCUT2D eigenvalue weighted by molar-refractivity contribution is 5.87. The van der Waals surface area contributed by atoms with Crippen LogP contribution in [0.5, 0.6) is 0 Å². The Morgan fingerprint density at radius 3 is 2.40 bits per heavy atom. The fourth-order valence-corrected chi connectivity index (χ4v) is 3.09. The van der Waals surface area contributed by atoms with Crippen LogP contribution in [-0.4, -0.2) is 30.2 Å². The molecule has 1 saturated heterocycles. The van der Waals surface area contributed by atoms with Crippen molar-refractivity contribution in [1.82, 2.24) is 5.32 Å². The molecular formula is C19H20F2N2O2. The van der Waals surface area contributed by atoms with E-state index < -0.39 is 17.6 Å². The largest absolute Gasteiger partial charge is 0.478 e. The van der Waals surface area contributed by atoms with Crippen LogP contribution in [0.25, 0.3) is 0 Å². The lowest BCUT2D eigenvalue weighted by molar-refractivity contribution is 0.0697. The zero-order valence-corrected chi connectivity index (χ0v) is 13.7. The van der Waals surface area contributed by atoms with E-state index in [4.69, 9.17) is 5.11 Å². The number of piperidine rings is 1. The van der Waals surface area contributed by atoms with Crippen molar-refractivity contribution in [2.45, 2.75) is 25.4 Å². The summed E-state index contributed by atoms with van der Waals surface area (Å²) in [6.07, 6.45) is 1.73. The van der Waals surface area contributed by atoms with Gasteiger partial charge in [0.1, 0.15) is 11.6 Å². The topological polar surface area (TPSA) is 52.6 Å². The normalized spacial score (nSPS) is 15.4. The van der Waals surface area contributed by atoms with Gasteiger partial charge < -0.3 is 15.3 Å². The molecule has 2 N–H and O–H groups in total. The predicted molar refractivity (Wildman–Crippen MR) is 91.8 cm³/mol. The number of carboxylic acids is 1. The summed E-state index contributed by atoms with van der Waals surface area (Å²) < 4.78 is 26.9. The molecule has 25 heavy (non-hydrogen) atoms. The second kappa shape index (κ2) is 7.61. The van der Waals surface area contributed by atoms with Crippen molar-refractivity contribution in [3.63, 3.8) is 0 Å². The van der Waals surface area contributed by atoms with E-state index in [9.17, 15) is 13.6 Å². The minimum absolute atomic E-state index is 0.276. The molecule has 0 spiro atoms. The summed E-state index contributed by atoms with van der Waals surface area (Å²) in [6, 6.07) is 10.8. The Morgan fingerprint density at radius 1 is 1.12 bits per heavy atom. The van der Waals surface area contributed by atoms with Crippen molar-refractivity contribution in [3.05, 3.63) is 65.2 Å². The van der Waals surface area contributed by atoms with Gasteiger partial charge in [0.05, 0.1) is 11.3 Å². The van der Waals surface area contributed by atoms with Gasteiger partial charge in [-0.15, -0.1) is 0 Å². The Hall–Kier alpha value is -2.47. The Bertz CT molecular complexity index is 742. The summed E-state index contributed by atoms with van der Waals surface area (Å²) in [6.45, 7) is 2.08. The Labute approximate surface area is 145 Å². The van der Waals surface area contributed by atoms with Crippen molar-refractivity contribution in [2.75, 3.05) is 18.0 Å². The second-order valence-corrected chi connectivity index (χ2v) is 6.24. The quantitative estimate of drug-likeness (QED) is 0.871. The minimum atomic E-state index is -0.931. The third-order valence-electron chi connectivity index (χ3n) is 4.54. The molecule has 2 aromatic carbocycles. The molecule has 0 aromatic heterocycles. The number of benzene rings is 2. The van der Waals surface area contributed by atoms with Gasteiger partial charge in [-0.25, -0.2) is 13.6 Å². The van der Waals surface area contributed by atoms with E-state index in [1.165, 1.54) is 12.1 Å². The van der Waals surface area contributed by atoms with Crippen LogP contribution < -0.4 is 10.2 Å². The fraction of sp³-hybridized carbons (Fsp3) is 0.316. The summed E-state index contributed by atoms with van der Waals surface area (Å²) in [5.74, 6) is -2.02. The van der Waals surface area contributed by atoms with Gasteiger partial charge in [0.15, 0.2) is 0 Å². The number of hydrogen-bond acceptors (Lipinski definition) is 3. The van der Waals surface area contributed by atoms with E-state index in [2.05, 4.69) is 5.32 Å². The smallest absolute Gasteiger partial charge is 0.335 e. The van der Waals surface area contributed by atoms with Crippen LogP contribution in [0, 0.1) is 11.6 Å². The van der Waals surface area contributed by atoms with E-state index >= 15 is 0 Å². The summed E-state index contributed by atoms with van der Waals surface area (Å²) >= 11 is 0. The number of nitrogens with zero attached hydrogens (tertiary/aromatic N) is 1. The molecule has 0 bridgehead atoms. The fourth-order valence-electron chi connectivity index (χ4n) is 3.09. The van der Waals surface area contributed by atoms with Crippen LogP contribution in [0.4, 0.5) is 14.5 Å². The first-order valence-corrected chi connectivity index (χ1v) is 8.28. The SMILES string of the molecule is O=C(O)c1ccc(CNC2CCN(c3ccc(F)cc3F)CC2)cc1. The molecule has 3 rings (SSSR count). The monoisotopic (exact) mass is 346 g/mol. The molecule has 4 nitrogen and oxygen atoms in total. The van der Waals surface area contributed by atoms with Crippen LogP contribution >= 0.6 is 0 Å². The van der Waals surface area contributed by atoms with E-state index in [1.54, 1.807) is 24.3 Å². The minimum Gasteiger partial charge on any atom is -0.478 e. The number of hydrogen-bond donors (Lipinski definition) is 2. The molecule has 1 aliphatic rings. The number of nitrogens with one attached hydrogen (secondary N) is 1. The molecule has 1 heterocycles. The van der Waals surface area contributed by atoms with Gasteiger partial charge in [-0.3, -0.25) is 0 Å². The first-order valence-electron chi connectivity index (χ1n) is 8.28. The second-order valence-electron chi connectivity index (χ2n) is 6.24. The molecule has 132 valence electrons. The van der Waals surface area contributed by atoms with E-state index in [-0.39, 0.29) is 5.56 Å². The van der Waals surface area contributed by atoms with Crippen LogP contribution in [0.3, 0.4) is 0 Å². The highest BCUT2D eigenvalue weighted by atomic mass is 19.1. The highest BCUT2D eigenvalue weighted by Crippen LogP contribution is 2.24. The molecule has 0 amide bonds. The standard InChI is InChI=1S/C19H20F2N2O2/c20-15-5-6-18(17(21)11-15)23-9-7-16(8-10-23)22-12-13-1-3-14(4-2-13)19(24)25/h1-6,11,16,22H,7-10,12H2,(H,24,25). The Kier molecular flexibility index (Phi) is 5.28. The van der Waals surface area contributed by atoms with E-state index in [1.807, 2.05) is 4.90 Å². The van der Waals surface area contributed by atoms with Gasteiger partial charge in [0.25, 0.3) is 0 Å². The van der Waals surface area contributed by atoms with Crippen molar-refractivity contribution in [2.24, 2.45) is 0 Å². The summed E-state index contributed by atoms with van der Waals surface area (Å²) in [7, 11) is 0. The number of carbonyl (C=O) groups is 1. The number of halogens is 2. The summed E-state index contributed by atoms with van der Waals surface area (Å²) in [5, 5.41) is 12.3. The maximum absolute atomic E-state index is 13.9.